The van der Waals surface area contributed by atoms with Crippen molar-refractivity contribution in [3.8, 4) is 5.75 Å². The molecule has 78 valence electrons. The van der Waals surface area contributed by atoms with Gasteiger partial charge in [-0.15, -0.1) is 0 Å². The van der Waals surface area contributed by atoms with Crippen LogP contribution in [0.2, 0.25) is 0 Å². The number of rotatable bonds is 2. The summed E-state index contributed by atoms with van der Waals surface area (Å²) >= 11 is -2.87. The van der Waals surface area contributed by atoms with Crippen LogP contribution >= 0.6 is 0 Å². The van der Waals surface area contributed by atoms with Gasteiger partial charge in [-0.1, -0.05) is 6.07 Å². The molecule has 0 aliphatic rings. The van der Waals surface area contributed by atoms with Crippen molar-refractivity contribution < 1.29 is 26.1 Å². The molecule has 0 fully saturated rings. The van der Waals surface area contributed by atoms with Crippen LogP contribution in [-0.2, 0) is 17.5 Å². The number of hydrogen-bond donors (Lipinski definition) is 0. The van der Waals surface area contributed by atoms with E-state index in [1.165, 1.54) is 0 Å². The molecule has 0 radical (unpaired) electrons. The molecule has 3 nitrogen and oxygen atoms in total. The number of hydrogen-bond acceptors (Lipinski definition) is 3. The Morgan fingerprint density at radius 1 is 1.36 bits per heavy atom. The lowest BCUT2D eigenvalue weighted by atomic mass is 10.2. The Morgan fingerprint density at radius 3 is 2.50 bits per heavy atom. The van der Waals surface area contributed by atoms with Gasteiger partial charge in [-0.05, 0) is 18.2 Å². The number of benzene rings is 1. The topological polar surface area (TPSA) is 49.4 Å². The lowest BCUT2D eigenvalue weighted by Crippen LogP contribution is -2.05. The highest BCUT2D eigenvalue weighted by Gasteiger charge is 2.30. The fourth-order valence-electron chi connectivity index (χ4n) is 0.803. The van der Waals surface area contributed by atoms with Crippen LogP contribution < -0.4 is 4.18 Å². The average molecular weight is 225 g/mol. The Morgan fingerprint density at radius 2 is 2.00 bits per heavy atom. The molecule has 1 aromatic carbocycles. The van der Waals surface area contributed by atoms with E-state index >= 15 is 0 Å². The molecule has 0 aliphatic carbocycles. The highest BCUT2D eigenvalue weighted by atomic mass is 32.2. The second kappa shape index (κ2) is 3.97. The Hall–Kier alpha value is -1.08. The van der Waals surface area contributed by atoms with Gasteiger partial charge in [0.05, 0.1) is 5.56 Å². The Kier molecular flexibility index (Phi) is 3.12. The number of halogens is 3. The summed E-state index contributed by atoms with van der Waals surface area (Å²) in [4.78, 5) is 0. The summed E-state index contributed by atoms with van der Waals surface area (Å²) in [6.07, 6.45) is -4.51. The fraction of sp³-hybridized carbons (Fsp3) is 0.143. The summed E-state index contributed by atoms with van der Waals surface area (Å²) in [7, 11) is 0. The second-order valence-corrected chi connectivity index (χ2v) is 2.89. The van der Waals surface area contributed by atoms with Gasteiger partial charge in [-0.2, -0.15) is 13.2 Å². The zero-order valence-corrected chi connectivity index (χ0v) is 7.39. The van der Waals surface area contributed by atoms with Gasteiger partial charge in [-0.25, -0.2) is 4.21 Å². The van der Waals surface area contributed by atoms with E-state index in [-0.39, 0.29) is 5.75 Å². The third-order valence-corrected chi connectivity index (χ3v) is 1.65. The minimum atomic E-state index is -4.51. The van der Waals surface area contributed by atoms with Crippen molar-refractivity contribution in [2.75, 3.05) is 0 Å². The van der Waals surface area contributed by atoms with Crippen LogP contribution in [0, 0.1) is 0 Å². The third-order valence-electron chi connectivity index (χ3n) is 1.33. The molecule has 1 unspecified atom stereocenters. The Bertz CT molecular complexity index is 350. The van der Waals surface area contributed by atoms with Gasteiger partial charge in [0.2, 0.25) is 0 Å². The molecule has 14 heavy (non-hydrogen) atoms. The van der Waals surface area contributed by atoms with Gasteiger partial charge < -0.3 is 8.74 Å². The predicted octanol–water partition coefficient (Wildman–Crippen LogP) is 1.88. The molecular formula is C7H4F3O3S-. The van der Waals surface area contributed by atoms with Crippen LogP contribution in [0.5, 0.6) is 5.75 Å². The third kappa shape index (κ3) is 3.00. The summed E-state index contributed by atoms with van der Waals surface area (Å²) < 4.78 is 60.4. The lowest BCUT2D eigenvalue weighted by Gasteiger charge is -2.10. The van der Waals surface area contributed by atoms with E-state index in [2.05, 4.69) is 4.18 Å². The molecule has 1 rings (SSSR count). The first kappa shape index (κ1) is 11.0. The molecule has 1 atom stereocenters. The Balaban J connectivity index is 2.95. The zero-order chi connectivity index (χ0) is 10.8. The van der Waals surface area contributed by atoms with E-state index in [4.69, 9.17) is 0 Å². The van der Waals surface area contributed by atoms with Crippen molar-refractivity contribution in [2.45, 2.75) is 6.18 Å². The summed E-state index contributed by atoms with van der Waals surface area (Å²) in [6, 6.07) is 3.60. The van der Waals surface area contributed by atoms with Crippen molar-refractivity contribution >= 4 is 11.4 Å². The zero-order valence-electron chi connectivity index (χ0n) is 6.58. The molecule has 0 N–H and O–H groups in total. The van der Waals surface area contributed by atoms with E-state index in [0.717, 1.165) is 18.2 Å². The monoisotopic (exact) mass is 225 g/mol. The van der Waals surface area contributed by atoms with Crippen LogP contribution in [0.1, 0.15) is 5.56 Å². The van der Waals surface area contributed by atoms with Gasteiger partial charge >= 0.3 is 6.18 Å². The minimum absolute atomic E-state index is 0.367. The summed E-state index contributed by atoms with van der Waals surface area (Å²) in [5.74, 6) is -0.367. The van der Waals surface area contributed by atoms with E-state index in [0.29, 0.717) is 6.07 Å². The normalized spacial score (nSPS) is 13.7. The van der Waals surface area contributed by atoms with Crippen LogP contribution in [0.25, 0.3) is 0 Å². The van der Waals surface area contributed by atoms with Gasteiger partial charge in [-0.3, -0.25) is 0 Å². The average Bonchev–Trinajstić information content (AvgIpc) is 2.01. The molecule has 0 aromatic heterocycles. The standard InChI is InChI=1S/C7H5F3O3S/c8-7(9,10)5-2-1-3-6(4-5)13-14(11)12/h1-4H,(H,11,12)/p-1. The molecule has 0 saturated heterocycles. The minimum Gasteiger partial charge on any atom is -0.740 e. The molecule has 0 bridgehead atoms. The number of alkyl halides is 3. The van der Waals surface area contributed by atoms with Gasteiger partial charge in [0.1, 0.15) is 17.1 Å². The molecule has 0 amide bonds. The fourth-order valence-corrected chi connectivity index (χ4v) is 1.06. The van der Waals surface area contributed by atoms with Crippen molar-refractivity contribution in [2.24, 2.45) is 0 Å². The first-order valence-corrected chi connectivity index (χ1v) is 4.34. The molecule has 0 aliphatic heterocycles. The first-order valence-electron chi connectivity index (χ1n) is 3.34. The molecule has 0 heterocycles. The second-order valence-electron chi connectivity index (χ2n) is 2.31. The smallest absolute Gasteiger partial charge is 0.416 e. The van der Waals surface area contributed by atoms with Crippen LogP contribution in [-0.4, -0.2) is 8.76 Å². The van der Waals surface area contributed by atoms with Crippen LogP contribution in [0.3, 0.4) is 0 Å². The van der Waals surface area contributed by atoms with Crippen molar-refractivity contribution in [3.05, 3.63) is 29.8 Å². The van der Waals surface area contributed by atoms with Crippen LogP contribution in [0.4, 0.5) is 13.2 Å². The van der Waals surface area contributed by atoms with Crippen LogP contribution in [0.15, 0.2) is 24.3 Å². The van der Waals surface area contributed by atoms with Crippen molar-refractivity contribution in [1.82, 2.24) is 0 Å². The first-order chi connectivity index (χ1) is 6.39. The highest BCUT2D eigenvalue weighted by Crippen LogP contribution is 2.31. The van der Waals surface area contributed by atoms with Gasteiger partial charge in [0, 0.05) is 0 Å². The van der Waals surface area contributed by atoms with E-state index in [1.807, 2.05) is 0 Å². The van der Waals surface area contributed by atoms with E-state index in [1.54, 1.807) is 0 Å². The lowest BCUT2D eigenvalue weighted by molar-refractivity contribution is -0.137. The quantitative estimate of drug-likeness (QED) is 0.722. The summed E-state index contributed by atoms with van der Waals surface area (Å²) in [5, 5.41) is 0. The molecule has 0 spiro atoms. The maximum atomic E-state index is 12.1. The maximum absolute atomic E-state index is 12.1. The SMILES string of the molecule is O=S([O-])Oc1cccc(C(F)(F)F)c1. The molecular weight excluding hydrogens is 221 g/mol. The van der Waals surface area contributed by atoms with Crippen molar-refractivity contribution in [1.29, 1.82) is 0 Å². The molecule has 1 aromatic rings. The summed E-state index contributed by atoms with van der Waals surface area (Å²) in [5.41, 5.74) is -0.958. The van der Waals surface area contributed by atoms with Gasteiger partial charge in [0.15, 0.2) is 0 Å². The molecule has 7 heteroatoms. The summed E-state index contributed by atoms with van der Waals surface area (Å²) in [6.45, 7) is 0. The largest absolute Gasteiger partial charge is 0.740 e. The Labute approximate surface area is 80.0 Å². The molecule has 0 saturated carbocycles. The van der Waals surface area contributed by atoms with E-state index in [9.17, 15) is 21.9 Å². The van der Waals surface area contributed by atoms with E-state index < -0.39 is 23.1 Å². The highest BCUT2D eigenvalue weighted by molar-refractivity contribution is 7.74. The predicted molar refractivity (Wildman–Crippen MR) is 41.0 cm³/mol. The van der Waals surface area contributed by atoms with Crippen molar-refractivity contribution in [3.63, 3.8) is 0 Å². The van der Waals surface area contributed by atoms with Gasteiger partial charge in [0.25, 0.3) is 0 Å². The maximum Gasteiger partial charge on any atom is 0.416 e.